The monoisotopic (exact) mass is 302 g/mol. The van der Waals surface area contributed by atoms with Crippen molar-refractivity contribution < 1.29 is 9.66 Å². The molecular weight excluding hydrogens is 284 g/mol. The first-order chi connectivity index (χ1) is 10.5. The summed E-state index contributed by atoms with van der Waals surface area (Å²) in [6.07, 6.45) is 0.593. The molecule has 0 saturated carbocycles. The van der Waals surface area contributed by atoms with Crippen LogP contribution < -0.4 is 10.3 Å². The summed E-state index contributed by atoms with van der Waals surface area (Å²) in [6.45, 7) is 4.41. The van der Waals surface area contributed by atoms with Crippen LogP contribution in [0.1, 0.15) is 17.7 Å². The highest BCUT2D eigenvalue weighted by atomic mass is 16.6. The van der Waals surface area contributed by atoms with Crippen molar-refractivity contribution in [1.29, 1.82) is 0 Å². The number of rotatable bonds is 6. The maximum absolute atomic E-state index is 11.8. The molecule has 0 aliphatic rings. The molecule has 0 spiro atoms. The zero-order valence-electron chi connectivity index (χ0n) is 12.6. The van der Waals surface area contributed by atoms with Gasteiger partial charge in [0.2, 0.25) is 0 Å². The zero-order chi connectivity index (χ0) is 16.1. The summed E-state index contributed by atoms with van der Waals surface area (Å²) in [4.78, 5) is 22.2. The van der Waals surface area contributed by atoms with Gasteiger partial charge >= 0.3 is 0 Å². The van der Waals surface area contributed by atoms with Gasteiger partial charge in [-0.05, 0) is 32.4 Å². The minimum atomic E-state index is -0.478. The Morgan fingerprint density at radius 3 is 2.45 bits per heavy atom. The number of pyridine rings is 1. The number of nitrogens with zero attached hydrogens (tertiary/aromatic N) is 2. The van der Waals surface area contributed by atoms with Crippen molar-refractivity contribution in [3.8, 4) is 5.75 Å². The molecule has 0 aliphatic carbocycles. The van der Waals surface area contributed by atoms with E-state index in [0.29, 0.717) is 25.3 Å². The Morgan fingerprint density at radius 1 is 1.14 bits per heavy atom. The molecule has 0 radical (unpaired) electrons. The second kappa shape index (κ2) is 6.89. The van der Waals surface area contributed by atoms with Gasteiger partial charge in [-0.3, -0.25) is 14.9 Å². The lowest BCUT2D eigenvalue weighted by atomic mass is 10.2. The van der Waals surface area contributed by atoms with E-state index in [9.17, 15) is 14.9 Å². The molecule has 1 aromatic carbocycles. The van der Waals surface area contributed by atoms with Gasteiger partial charge in [0, 0.05) is 18.7 Å². The first-order valence-corrected chi connectivity index (χ1v) is 7.03. The Kier molecular flexibility index (Phi) is 4.93. The molecule has 2 aromatic rings. The highest BCUT2D eigenvalue weighted by Crippen LogP contribution is 2.15. The lowest BCUT2D eigenvalue weighted by molar-refractivity contribution is -0.386. The highest BCUT2D eigenvalue weighted by Gasteiger charge is 2.14. The van der Waals surface area contributed by atoms with Crippen LogP contribution in [0.3, 0.4) is 0 Å². The Morgan fingerprint density at radius 2 is 1.82 bits per heavy atom. The average Bonchev–Trinajstić information content (AvgIpc) is 2.47. The van der Waals surface area contributed by atoms with Gasteiger partial charge in [-0.25, -0.2) is 0 Å². The van der Waals surface area contributed by atoms with Gasteiger partial charge in [-0.15, -0.1) is 0 Å². The first kappa shape index (κ1) is 15.8. The molecule has 0 amide bonds. The summed E-state index contributed by atoms with van der Waals surface area (Å²) < 4.78 is 7.00. The SMILES string of the molecule is Cc1ccc(OCCCn2c(C)c([N+](=O)[O-])ccc2=O)cc1. The third-order valence-corrected chi connectivity index (χ3v) is 3.44. The molecule has 0 atom stereocenters. The van der Waals surface area contributed by atoms with E-state index in [0.717, 1.165) is 11.3 Å². The molecule has 0 aliphatic heterocycles. The topological polar surface area (TPSA) is 74.4 Å². The van der Waals surface area contributed by atoms with Crippen LogP contribution >= 0.6 is 0 Å². The van der Waals surface area contributed by atoms with E-state index < -0.39 is 4.92 Å². The van der Waals surface area contributed by atoms with Gasteiger partial charge in [0.25, 0.3) is 11.2 Å². The van der Waals surface area contributed by atoms with E-state index in [-0.39, 0.29) is 11.2 Å². The number of ether oxygens (including phenoxy) is 1. The molecule has 1 aromatic heterocycles. The van der Waals surface area contributed by atoms with E-state index in [1.165, 1.54) is 16.7 Å². The minimum absolute atomic E-state index is 0.0425. The molecular formula is C16H18N2O4. The lowest BCUT2D eigenvalue weighted by Gasteiger charge is -2.10. The zero-order valence-corrected chi connectivity index (χ0v) is 12.6. The smallest absolute Gasteiger partial charge is 0.288 e. The van der Waals surface area contributed by atoms with Crippen LogP contribution in [0.2, 0.25) is 0 Å². The number of nitro groups is 1. The number of benzene rings is 1. The van der Waals surface area contributed by atoms with Gasteiger partial charge in [0.15, 0.2) is 0 Å². The summed E-state index contributed by atoms with van der Waals surface area (Å²) in [7, 11) is 0. The van der Waals surface area contributed by atoms with Crippen molar-refractivity contribution in [1.82, 2.24) is 4.57 Å². The average molecular weight is 302 g/mol. The molecule has 0 saturated heterocycles. The van der Waals surface area contributed by atoms with Crippen LogP contribution in [0.5, 0.6) is 5.75 Å². The van der Waals surface area contributed by atoms with Gasteiger partial charge in [0.05, 0.1) is 17.2 Å². The van der Waals surface area contributed by atoms with Crippen molar-refractivity contribution in [2.24, 2.45) is 0 Å². The van der Waals surface area contributed by atoms with Gasteiger partial charge in [0.1, 0.15) is 5.75 Å². The molecule has 0 N–H and O–H groups in total. The van der Waals surface area contributed by atoms with E-state index in [1.807, 2.05) is 31.2 Å². The highest BCUT2D eigenvalue weighted by molar-refractivity contribution is 5.34. The van der Waals surface area contributed by atoms with Crippen molar-refractivity contribution >= 4 is 5.69 Å². The largest absolute Gasteiger partial charge is 0.494 e. The predicted octanol–water partition coefficient (Wildman–Crippen LogP) is 2.84. The Bertz CT molecular complexity index is 720. The molecule has 2 rings (SSSR count). The third kappa shape index (κ3) is 3.72. The van der Waals surface area contributed by atoms with E-state index >= 15 is 0 Å². The summed E-state index contributed by atoms with van der Waals surface area (Å²) in [5.41, 5.74) is 1.25. The van der Waals surface area contributed by atoms with Crippen molar-refractivity contribution in [2.45, 2.75) is 26.8 Å². The predicted molar refractivity (Wildman–Crippen MR) is 83.4 cm³/mol. The Labute approximate surface area is 128 Å². The van der Waals surface area contributed by atoms with Crippen LogP contribution in [0.15, 0.2) is 41.2 Å². The number of aryl methyl sites for hydroxylation is 1. The minimum Gasteiger partial charge on any atom is -0.494 e. The fourth-order valence-electron chi connectivity index (χ4n) is 2.18. The van der Waals surface area contributed by atoms with E-state index in [1.54, 1.807) is 6.92 Å². The van der Waals surface area contributed by atoms with Crippen LogP contribution in [-0.2, 0) is 6.54 Å². The number of aromatic nitrogens is 1. The third-order valence-electron chi connectivity index (χ3n) is 3.44. The number of hydrogen-bond donors (Lipinski definition) is 0. The Balaban J connectivity index is 1.97. The maximum atomic E-state index is 11.8. The summed E-state index contributed by atoms with van der Waals surface area (Å²) in [5, 5.41) is 10.9. The summed E-state index contributed by atoms with van der Waals surface area (Å²) in [5.74, 6) is 0.772. The molecule has 1 heterocycles. The van der Waals surface area contributed by atoms with E-state index in [4.69, 9.17) is 4.74 Å². The van der Waals surface area contributed by atoms with Gasteiger partial charge in [-0.2, -0.15) is 0 Å². The van der Waals surface area contributed by atoms with Gasteiger partial charge < -0.3 is 9.30 Å². The fourth-order valence-corrected chi connectivity index (χ4v) is 2.18. The Hall–Kier alpha value is -2.63. The van der Waals surface area contributed by atoms with Crippen molar-refractivity contribution in [2.75, 3.05) is 6.61 Å². The van der Waals surface area contributed by atoms with Crippen LogP contribution in [0, 0.1) is 24.0 Å². The second-order valence-corrected chi connectivity index (χ2v) is 5.07. The van der Waals surface area contributed by atoms with Crippen molar-refractivity contribution in [3.63, 3.8) is 0 Å². The molecule has 22 heavy (non-hydrogen) atoms. The molecule has 116 valence electrons. The molecule has 0 bridgehead atoms. The molecule has 0 fully saturated rings. The van der Waals surface area contributed by atoms with Crippen LogP contribution in [0.4, 0.5) is 5.69 Å². The number of hydrogen-bond acceptors (Lipinski definition) is 4. The second-order valence-electron chi connectivity index (χ2n) is 5.07. The van der Waals surface area contributed by atoms with Gasteiger partial charge in [-0.1, -0.05) is 17.7 Å². The lowest BCUT2D eigenvalue weighted by Crippen LogP contribution is -2.23. The normalized spacial score (nSPS) is 10.5. The molecule has 6 heteroatoms. The quantitative estimate of drug-likeness (QED) is 0.467. The van der Waals surface area contributed by atoms with Crippen LogP contribution in [0.25, 0.3) is 0 Å². The first-order valence-electron chi connectivity index (χ1n) is 7.03. The standard InChI is InChI=1S/C16H18N2O4/c1-12-4-6-14(7-5-12)22-11-3-10-17-13(2)15(18(20)21)8-9-16(17)19/h4-9H,3,10-11H2,1-2H3. The molecule has 6 nitrogen and oxygen atoms in total. The fraction of sp³-hybridized carbons (Fsp3) is 0.312. The van der Waals surface area contributed by atoms with E-state index in [2.05, 4.69) is 0 Å². The van der Waals surface area contributed by atoms with Crippen LogP contribution in [-0.4, -0.2) is 16.1 Å². The molecule has 0 unspecified atom stereocenters. The van der Waals surface area contributed by atoms with Crippen molar-refractivity contribution in [3.05, 3.63) is 68.1 Å². The summed E-state index contributed by atoms with van der Waals surface area (Å²) in [6, 6.07) is 10.2. The summed E-state index contributed by atoms with van der Waals surface area (Å²) >= 11 is 0. The maximum Gasteiger partial charge on any atom is 0.288 e.